The Morgan fingerprint density at radius 1 is 1.03 bits per heavy atom. The minimum Gasteiger partial charge on any atom is -0.494 e. The molecule has 4 rings (SSSR count). The van der Waals surface area contributed by atoms with Crippen molar-refractivity contribution in [3.8, 4) is 17.0 Å². The molecule has 0 unspecified atom stereocenters. The van der Waals surface area contributed by atoms with E-state index in [1.165, 1.54) is 5.69 Å². The van der Waals surface area contributed by atoms with Crippen molar-refractivity contribution < 1.29 is 9.53 Å². The molecule has 0 bridgehead atoms. The van der Waals surface area contributed by atoms with Crippen LogP contribution in [0, 0.1) is 0 Å². The minimum absolute atomic E-state index is 0.625. The summed E-state index contributed by atoms with van der Waals surface area (Å²) in [4.78, 5) is 15.8. The second kappa shape index (κ2) is 8.68. The molecule has 7 heteroatoms. The number of hydrogen-bond donors (Lipinski definition) is 2. The molecule has 1 saturated heterocycles. The molecule has 7 nitrogen and oxygen atoms in total. The molecular weight excluding hydrogens is 366 g/mol. The normalized spacial score (nSPS) is 14.0. The summed E-state index contributed by atoms with van der Waals surface area (Å²) in [7, 11) is 0. The molecular formula is C22H25N5O2. The average molecular weight is 391 g/mol. The van der Waals surface area contributed by atoms with Gasteiger partial charge in [-0.15, -0.1) is 0 Å². The Bertz CT molecular complexity index is 932. The second-order valence-electron chi connectivity index (χ2n) is 6.83. The van der Waals surface area contributed by atoms with Crippen LogP contribution in [0.4, 0.5) is 17.2 Å². The number of anilines is 3. The minimum atomic E-state index is 0.625. The molecule has 29 heavy (non-hydrogen) atoms. The molecule has 2 aromatic carbocycles. The van der Waals surface area contributed by atoms with Gasteiger partial charge in [-0.25, -0.2) is 0 Å². The number of piperazine rings is 1. The zero-order valence-corrected chi connectivity index (χ0v) is 16.5. The van der Waals surface area contributed by atoms with Crippen LogP contribution in [0.3, 0.4) is 0 Å². The quantitative estimate of drug-likeness (QED) is 0.604. The van der Waals surface area contributed by atoms with Crippen molar-refractivity contribution in [2.45, 2.75) is 6.92 Å². The van der Waals surface area contributed by atoms with Crippen molar-refractivity contribution >= 4 is 23.6 Å². The number of benzene rings is 2. The van der Waals surface area contributed by atoms with Crippen molar-refractivity contribution in [3.63, 3.8) is 0 Å². The summed E-state index contributed by atoms with van der Waals surface area (Å²) in [5, 5.41) is 10.5. The van der Waals surface area contributed by atoms with E-state index in [0.29, 0.717) is 18.7 Å². The smallest absolute Gasteiger partial charge is 0.211 e. The van der Waals surface area contributed by atoms with Gasteiger partial charge < -0.3 is 19.9 Å². The van der Waals surface area contributed by atoms with Crippen molar-refractivity contribution in [3.05, 3.63) is 54.6 Å². The van der Waals surface area contributed by atoms with E-state index in [1.54, 1.807) is 0 Å². The summed E-state index contributed by atoms with van der Waals surface area (Å²) < 4.78 is 5.51. The molecule has 150 valence electrons. The van der Waals surface area contributed by atoms with Gasteiger partial charge in [-0.2, -0.15) is 5.10 Å². The van der Waals surface area contributed by atoms with Crippen LogP contribution in [0.5, 0.6) is 5.75 Å². The molecule has 0 spiro atoms. The van der Waals surface area contributed by atoms with Gasteiger partial charge in [0.1, 0.15) is 11.4 Å². The van der Waals surface area contributed by atoms with E-state index >= 15 is 0 Å². The lowest BCUT2D eigenvalue weighted by molar-refractivity contribution is -0.105. The second-order valence-corrected chi connectivity index (χ2v) is 6.83. The van der Waals surface area contributed by atoms with E-state index in [0.717, 1.165) is 49.0 Å². The highest BCUT2D eigenvalue weighted by atomic mass is 16.5. The average Bonchev–Trinajstić information content (AvgIpc) is 3.19. The highest BCUT2D eigenvalue weighted by molar-refractivity contribution is 5.90. The molecule has 1 amide bonds. The zero-order valence-electron chi connectivity index (χ0n) is 16.5. The highest BCUT2D eigenvalue weighted by Crippen LogP contribution is 2.35. The first-order valence-corrected chi connectivity index (χ1v) is 9.87. The van der Waals surface area contributed by atoms with E-state index in [9.17, 15) is 4.79 Å². The fourth-order valence-corrected chi connectivity index (χ4v) is 3.67. The molecule has 3 aromatic rings. The number of ether oxygens (including phenoxy) is 1. The molecule has 2 heterocycles. The molecule has 1 fully saturated rings. The van der Waals surface area contributed by atoms with Crippen LogP contribution in [0.2, 0.25) is 0 Å². The first kappa shape index (κ1) is 18.9. The van der Waals surface area contributed by atoms with Crippen LogP contribution >= 0.6 is 0 Å². The van der Waals surface area contributed by atoms with Crippen molar-refractivity contribution in [1.29, 1.82) is 0 Å². The number of rotatable bonds is 7. The van der Waals surface area contributed by atoms with Crippen LogP contribution in [-0.4, -0.2) is 49.4 Å². The van der Waals surface area contributed by atoms with Gasteiger partial charge in [-0.05, 0) is 43.3 Å². The van der Waals surface area contributed by atoms with E-state index in [2.05, 4.69) is 49.6 Å². The number of amides is 1. The molecule has 0 aliphatic carbocycles. The van der Waals surface area contributed by atoms with Crippen molar-refractivity contribution in [2.24, 2.45) is 0 Å². The third kappa shape index (κ3) is 4.03. The lowest BCUT2D eigenvalue weighted by Crippen LogP contribution is -2.46. The lowest BCUT2D eigenvalue weighted by atomic mass is 10.1. The number of aromatic nitrogens is 2. The van der Waals surface area contributed by atoms with Crippen LogP contribution in [0.25, 0.3) is 11.3 Å². The predicted molar refractivity (Wildman–Crippen MR) is 116 cm³/mol. The number of carbonyl (C=O) groups excluding carboxylic acids is 1. The topological polar surface area (TPSA) is 73.5 Å². The first-order chi connectivity index (χ1) is 14.3. The molecule has 0 atom stereocenters. The van der Waals surface area contributed by atoms with E-state index in [-0.39, 0.29) is 0 Å². The fraction of sp³-hybridized carbons (Fsp3) is 0.273. The molecule has 0 saturated carbocycles. The Labute approximate surface area is 170 Å². The number of carbonyl (C=O) groups is 1. The maximum Gasteiger partial charge on any atom is 0.211 e. The van der Waals surface area contributed by atoms with Gasteiger partial charge in [0.25, 0.3) is 0 Å². The van der Waals surface area contributed by atoms with E-state index in [1.807, 2.05) is 37.3 Å². The molecule has 2 N–H and O–H groups in total. The first-order valence-electron chi connectivity index (χ1n) is 9.87. The summed E-state index contributed by atoms with van der Waals surface area (Å²) >= 11 is 0. The maximum atomic E-state index is 11.3. The van der Waals surface area contributed by atoms with Crippen LogP contribution in [0.15, 0.2) is 54.6 Å². The molecule has 1 aliphatic rings. The number of hydrogen-bond acceptors (Lipinski definition) is 5. The lowest BCUT2D eigenvalue weighted by Gasteiger charge is -2.36. The summed E-state index contributed by atoms with van der Waals surface area (Å²) in [5.41, 5.74) is 3.67. The number of nitrogens with zero attached hydrogens (tertiary/aromatic N) is 3. The zero-order chi connectivity index (χ0) is 20.1. The summed E-state index contributed by atoms with van der Waals surface area (Å²) in [6, 6.07) is 18.2. The van der Waals surface area contributed by atoms with Crippen LogP contribution in [-0.2, 0) is 4.79 Å². The Balaban J connectivity index is 1.53. The highest BCUT2D eigenvalue weighted by Gasteiger charge is 2.24. The Kier molecular flexibility index (Phi) is 5.65. The Morgan fingerprint density at radius 2 is 1.72 bits per heavy atom. The summed E-state index contributed by atoms with van der Waals surface area (Å²) in [5.74, 6) is 1.59. The van der Waals surface area contributed by atoms with Gasteiger partial charge in [0.15, 0.2) is 5.82 Å². The van der Waals surface area contributed by atoms with E-state index < -0.39 is 0 Å². The van der Waals surface area contributed by atoms with Gasteiger partial charge >= 0.3 is 0 Å². The molecule has 1 aliphatic heterocycles. The Morgan fingerprint density at radius 3 is 2.38 bits per heavy atom. The number of aromatic amines is 1. The number of nitrogens with one attached hydrogen (secondary N) is 2. The van der Waals surface area contributed by atoms with Gasteiger partial charge in [-0.3, -0.25) is 9.89 Å². The van der Waals surface area contributed by atoms with Crippen molar-refractivity contribution in [1.82, 2.24) is 10.2 Å². The Hall–Kier alpha value is -3.48. The van der Waals surface area contributed by atoms with E-state index in [4.69, 9.17) is 4.74 Å². The SMILES string of the molecule is CCOc1ccc(-c2[nH]nc(N3CCN(c4ccccc4)CC3)c2NC=O)cc1. The third-order valence-corrected chi connectivity index (χ3v) is 5.11. The summed E-state index contributed by atoms with van der Waals surface area (Å²) in [6.45, 7) is 6.04. The van der Waals surface area contributed by atoms with Gasteiger partial charge in [0.2, 0.25) is 6.41 Å². The number of H-pyrrole nitrogens is 1. The number of para-hydroxylation sites is 1. The van der Waals surface area contributed by atoms with Crippen molar-refractivity contribution in [2.75, 3.05) is 47.9 Å². The molecule has 0 radical (unpaired) electrons. The largest absolute Gasteiger partial charge is 0.494 e. The monoisotopic (exact) mass is 391 g/mol. The fourth-order valence-electron chi connectivity index (χ4n) is 3.67. The molecule has 1 aromatic heterocycles. The van der Waals surface area contributed by atoms with Crippen LogP contribution < -0.4 is 19.9 Å². The van der Waals surface area contributed by atoms with Gasteiger partial charge in [0, 0.05) is 37.4 Å². The van der Waals surface area contributed by atoms with Gasteiger partial charge in [-0.1, -0.05) is 18.2 Å². The predicted octanol–water partition coefficient (Wildman–Crippen LogP) is 3.37. The maximum absolute atomic E-state index is 11.3. The summed E-state index contributed by atoms with van der Waals surface area (Å²) in [6.07, 6.45) is 0.701. The van der Waals surface area contributed by atoms with Gasteiger partial charge in [0.05, 0.1) is 12.3 Å². The van der Waals surface area contributed by atoms with Crippen LogP contribution in [0.1, 0.15) is 6.92 Å². The standard InChI is InChI=1S/C22H25N5O2/c1-2-29-19-10-8-17(9-11-19)20-21(23-16-28)22(25-24-20)27-14-12-26(13-15-27)18-6-4-3-5-7-18/h3-11,16H,2,12-15H2,1H3,(H,23,28)(H,24,25). The third-order valence-electron chi connectivity index (χ3n) is 5.11.